The van der Waals surface area contributed by atoms with Crippen LogP contribution < -0.4 is 9.47 Å². The van der Waals surface area contributed by atoms with Crippen molar-refractivity contribution in [2.75, 3.05) is 13.2 Å². The van der Waals surface area contributed by atoms with E-state index in [4.69, 9.17) is 9.47 Å². The molecule has 0 heterocycles. The first-order valence-electron chi connectivity index (χ1n) is 7.17. The maximum atomic E-state index is 11.0. The third-order valence-electron chi connectivity index (χ3n) is 2.93. The molecule has 0 amide bonds. The summed E-state index contributed by atoms with van der Waals surface area (Å²) in [6.45, 7) is 5.32. The lowest BCUT2D eigenvalue weighted by molar-refractivity contribution is 0.111. The quantitative estimate of drug-likeness (QED) is 0.468. The van der Waals surface area contributed by atoms with E-state index in [9.17, 15) is 4.79 Å². The standard InChI is InChI=1S/C16H24O3/c1-3-5-6-7-8-12-19-16-14(13-17)10-9-11-15(16)18-4-2/h9-11,13H,3-8,12H2,1-2H3. The number of rotatable bonds is 10. The van der Waals surface area contributed by atoms with Gasteiger partial charge in [-0.1, -0.05) is 38.7 Å². The Kier molecular flexibility index (Phi) is 7.71. The van der Waals surface area contributed by atoms with E-state index in [-0.39, 0.29) is 0 Å². The zero-order valence-electron chi connectivity index (χ0n) is 12.0. The van der Waals surface area contributed by atoms with E-state index in [0.29, 0.717) is 30.3 Å². The SMILES string of the molecule is CCCCCCCOc1c(C=O)cccc1OCC. The summed E-state index contributed by atoms with van der Waals surface area (Å²) in [6.07, 6.45) is 6.75. The van der Waals surface area contributed by atoms with Crippen LogP contribution in [0.15, 0.2) is 18.2 Å². The minimum absolute atomic E-state index is 0.555. The van der Waals surface area contributed by atoms with E-state index in [0.717, 1.165) is 12.7 Å². The van der Waals surface area contributed by atoms with Gasteiger partial charge in [0.25, 0.3) is 0 Å². The molecule has 0 bridgehead atoms. The van der Waals surface area contributed by atoms with E-state index in [1.54, 1.807) is 6.07 Å². The van der Waals surface area contributed by atoms with Gasteiger partial charge in [0.2, 0.25) is 0 Å². The lowest BCUT2D eigenvalue weighted by Gasteiger charge is -2.13. The first kappa shape index (κ1) is 15.5. The van der Waals surface area contributed by atoms with Gasteiger partial charge in [0.15, 0.2) is 17.8 Å². The van der Waals surface area contributed by atoms with Crippen LogP contribution in [0, 0.1) is 0 Å². The minimum Gasteiger partial charge on any atom is -0.490 e. The highest BCUT2D eigenvalue weighted by atomic mass is 16.5. The fraction of sp³-hybridized carbons (Fsp3) is 0.562. The summed E-state index contributed by atoms with van der Waals surface area (Å²) in [4.78, 5) is 11.0. The van der Waals surface area contributed by atoms with Crippen molar-refractivity contribution < 1.29 is 14.3 Å². The van der Waals surface area contributed by atoms with Crippen molar-refractivity contribution in [3.8, 4) is 11.5 Å². The zero-order chi connectivity index (χ0) is 13.9. The van der Waals surface area contributed by atoms with Gasteiger partial charge in [-0.3, -0.25) is 4.79 Å². The van der Waals surface area contributed by atoms with Crippen LogP contribution in [-0.2, 0) is 0 Å². The topological polar surface area (TPSA) is 35.5 Å². The van der Waals surface area contributed by atoms with Crippen molar-refractivity contribution in [1.29, 1.82) is 0 Å². The maximum absolute atomic E-state index is 11.0. The Hall–Kier alpha value is -1.51. The van der Waals surface area contributed by atoms with Crippen molar-refractivity contribution in [3.63, 3.8) is 0 Å². The first-order chi connectivity index (χ1) is 9.33. The molecule has 0 aliphatic rings. The Morgan fingerprint density at radius 2 is 1.84 bits per heavy atom. The van der Waals surface area contributed by atoms with Crippen molar-refractivity contribution in [2.45, 2.75) is 46.0 Å². The van der Waals surface area contributed by atoms with E-state index in [1.165, 1.54) is 25.7 Å². The van der Waals surface area contributed by atoms with Gasteiger partial charge in [-0.15, -0.1) is 0 Å². The Morgan fingerprint density at radius 1 is 1.05 bits per heavy atom. The van der Waals surface area contributed by atoms with Gasteiger partial charge < -0.3 is 9.47 Å². The molecule has 3 nitrogen and oxygen atoms in total. The van der Waals surface area contributed by atoms with Crippen LogP contribution in [0.2, 0.25) is 0 Å². The summed E-state index contributed by atoms with van der Waals surface area (Å²) in [6, 6.07) is 5.40. The Bertz CT molecular complexity index is 374. The van der Waals surface area contributed by atoms with Crippen LogP contribution in [-0.4, -0.2) is 19.5 Å². The lowest BCUT2D eigenvalue weighted by Crippen LogP contribution is -2.03. The van der Waals surface area contributed by atoms with Crippen LogP contribution in [0.4, 0.5) is 0 Å². The summed E-state index contributed by atoms with van der Waals surface area (Å²) in [5.41, 5.74) is 0.555. The molecule has 106 valence electrons. The van der Waals surface area contributed by atoms with Crippen LogP contribution in [0.25, 0.3) is 0 Å². The predicted octanol–water partition coefficient (Wildman–Crippen LogP) is 4.25. The zero-order valence-corrected chi connectivity index (χ0v) is 12.0. The van der Waals surface area contributed by atoms with Gasteiger partial charge in [-0.25, -0.2) is 0 Å². The smallest absolute Gasteiger partial charge is 0.171 e. The highest BCUT2D eigenvalue weighted by Gasteiger charge is 2.10. The number of aldehydes is 1. The van der Waals surface area contributed by atoms with Gasteiger partial charge in [0.1, 0.15) is 0 Å². The molecule has 0 aromatic heterocycles. The Morgan fingerprint density at radius 3 is 2.53 bits per heavy atom. The van der Waals surface area contributed by atoms with E-state index in [1.807, 2.05) is 19.1 Å². The fourth-order valence-electron chi connectivity index (χ4n) is 1.93. The third kappa shape index (κ3) is 5.33. The molecule has 1 aromatic rings. The second-order valence-electron chi connectivity index (χ2n) is 4.49. The molecule has 0 unspecified atom stereocenters. The van der Waals surface area contributed by atoms with Crippen LogP contribution in [0.3, 0.4) is 0 Å². The average Bonchev–Trinajstić information content (AvgIpc) is 2.44. The molecule has 0 aliphatic carbocycles. The molecule has 0 saturated carbocycles. The number of ether oxygens (including phenoxy) is 2. The summed E-state index contributed by atoms with van der Waals surface area (Å²) < 4.78 is 11.2. The molecule has 1 aromatic carbocycles. The number of carbonyl (C=O) groups excluding carboxylic acids is 1. The molecule has 3 heteroatoms. The largest absolute Gasteiger partial charge is 0.490 e. The summed E-state index contributed by atoms with van der Waals surface area (Å²) in [5, 5.41) is 0. The normalized spacial score (nSPS) is 10.2. The fourth-order valence-corrected chi connectivity index (χ4v) is 1.93. The number of hydrogen-bond acceptors (Lipinski definition) is 3. The minimum atomic E-state index is 0.555. The van der Waals surface area contributed by atoms with Crippen LogP contribution in [0.5, 0.6) is 11.5 Å². The molecular formula is C16H24O3. The van der Waals surface area contributed by atoms with Crippen LogP contribution >= 0.6 is 0 Å². The molecule has 0 N–H and O–H groups in total. The highest BCUT2D eigenvalue weighted by Crippen LogP contribution is 2.30. The summed E-state index contributed by atoms with van der Waals surface area (Å²) in [5.74, 6) is 1.23. The summed E-state index contributed by atoms with van der Waals surface area (Å²) in [7, 11) is 0. The third-order valence-corrected chi connectivity index (χ3v) is 2.93. The van der Waals surface area contributed by atoms with E-state index < -0.39 is 0 Å². The highest BCUT2D eigenvalue weighted by molar-refractivity contribution is 5.81. The molecule has 0 saturated heterocycles. The number of para-hydroxylation sites is 1. The number of unbranched alkanes of at least 4 members (excludes halogenated alkanes) is 4. The van der Waals surface area contributed by atoms with Gasteiger partial charge in [0, 0.05) is 0 Å². The molecule has 0 fully saturated rings. The molecule has 0 radical (unpaired) electrons. The molecular weight excluding hydrogens is 240 g/mol. The summed E-state index contributed by atoms with van der Waals surface area (Å²) >= 11 is 0. The van der Waals surface area contributed by atoms with Gasteiger partial charge >= 0.3 is 0 Å². The van der Waals surface area contributed by atoms with Crippen molar-refractivity contribution in [3.05, 3.63) is 23.8 Å². The lowest BCUT2D eigenvalue weighted by atomic mass is 10.1. The molecule has 1 rings (SSSR count). The number of carbonyl (C=O) groups is 1. The molecule has 0 spiro atoms. The van der Waals surface area contributed by atoms with Gasteiger partial charge in [-0.2, -0.15) is 0 Å². The van der Waals surface area contributed by atoms with Crippen molar-refractivity contribution in [1.82, 2.24) is 0 Å². The first-order valence-corrected chi connectivity index (χ1v) is 7.17. The predicted molar refractivity (Wildman–Crippen MR) is 77.3 cm³/mol. The van der Waals surface area contributed by atoms with Crippen LogP contribution in [0.1, 0.15) is 56.3 Å². The second-order valence-corrected chi connectivity index (χ2v) is 4.49. The molecule has 0 aliphatic heterocycles. The van der Waals surface area contributed by atoms with Gasteiger partial charge in [0.05, 0.1) is 18.8 Å². The Labute approximate surface area is 115 Å². The average molecular weight is 264 g/mol. The molecule has 19 heavy (non-hydrogen) atoms. The van der Waals surface area contributed by atoms with Crippen molar-refractivity contribution in [2.24, 2.45) is 0 Å². The van der Waals surface area contributed by atoms with E-state index >= 15 is 0 Å². The second kappa shape index (κ2) is 9.42. The maximum Gasteiger partial charge on any atom is 0.171 e. The Balaban J connectivity index is 2.52. The number of benzene rings is 1. The number of hydrogen-bond donors (Lipinski definition) is 0. The van der Waals surface area contributed by atoms with Gasteiger partial charge in [-0.05, 0) is 25.5 Å². The monoisotopic (exact) mass is 264 g/mol. The van der Waals surface area contributed by atoms with E-state index in [2.05, 4.69) is 6.92 Å². The molecule has 0 atom stereocenters. The van der Waals surface area contributed by atoms with Crippen molar-refractivity contribution >= 4 is 6.29 Å².